The largest absolute Gasteiger partial charge is 0.456 e. The third-order valence-electron chi connectivity index (χ3n) is 16.4. The number of nitrogens with zero attached hydrogens (tertiary/aromatic N) is 4. The van der Waals surface area contributed by atoms with Gasteiger partial charge in [-0.2, -0.15) is 5.26 Å². The SMILES string of the molecule is CC(C)(c1c(-c2ccccc2N)c(-n2c3ccccc3c3c4c(ccc32)oc2ccccc24)cc(-n2c3ccccc3c3c4c(ccc32)oc2ccccc24)c1-c1ccccc1C#N)n1c2ccccc2c2ccccc21. The predicted octanol–water partition coefficient (Wildman–Crippen LogP) is 18.4. The highest BCUT2D eigenvalue weighted by Crippen LogP contribution is 2.54. The molecule has 0 fully saturated rings. The van der Waals surface area contributed by atoms with Gasteiger partial charge < -0.3 is 28.3 Å². The average Bonchev–Trinajstić information content (AvgIpc) is 4.46. The molecule has 0 unspecified atom stereocenters. The Kier molecular flexibility index (Phi) is 8.89. The van der Waals surface area contributed by atoms with Crippen LogP contribution in [0.3, 0.4) is 0 Å². The summed E-state index contributed by atoms with van der Waals surface area (Å²) in [4.78, 5) is 0. The van der Waals surface area contributed by atoms with E-state index in [4.69, 9.17) is 14.6 Å². The van der Waals surface area contributed by atoms with E-state index in [1.54, 1.807) is 0 Å². The number of hydrogen-bond donors (Lipinski definition) is 1. The quantitative estimate of drug-likeness (QED) is 0.168. The van der Waals surface area contributed by atoms with Crippen molar-refractivity contribution in [3.63, 3.8) is 0 Å². The molecule has 0 atom stereocenters. The van der Waals surface area contributed by atoms with Gasteiger partial charge in [-0.05, 0) is 98.3 Å². The van der Waals surface area contributed by atoms with Gasteiger partial charge in [0.1, 0.15) is 22.3 Å². The summed E-state index contributed by atoms with van der Waals surface area (Å²) in [6.07, 6.45) is 0. The zero-order valence-electron chi connectivity index (χ0n) is 42.0. The monoisotopic (exact) mass is 987 g/mol. The Hall–Kier alpha value is -10.3. The van der Waals surface area contributed by atoms with Gasteiger partial charge in [0, 0.05) is 92.8 Å². The number of hydrogen-bond acceptors (Lipinski definition) is 4. The van der Waals surface area contributed by atoms with E-state index >= 15 is 0 Å². The minimum atomic E-state index is -0.886. The lowest BCUT2D eigenvalue weighted by atomic mass is 9.78. The van der Waals surface area contributed by atoms with Crippen LogP contribution >= 0.6 is 0 Å². The molecule has 0 aliphatic carbocycles. The Labute approximate surface area is 441 Å². The predicted molar refractivity (Wildman–Crippen MR) is 318 cm³/mol. The molecule has 77 heavy (non-hydrogen) atoms. The second kappa shape index (κ2) is 15.9. The summed E-state index contributed by atoms with van der Waals surface area (Å²) in [6, 6.07) is 81.6. The van der Waals surface area contributed by atoms with Crippen molar-refractivity contribution in [3.05, 3.63) is 236 Å². The molecular formula is C70H45N5O2. The molecule has 0 saturated heterocycles. The summed E-state index contributed by atoms with van der Waals surface area (Å²) < 4.78 is 20.7. The smallest absolute Gasteiger partial charge is 0.136 e. The maximum Gasteiger partial charge on any atom is 0.136 e. The minimum absolute atomic E-state index is 0.558. The van der Waals surface area contributed by atoms with Crippen LogP contribution in [0.15, 0.2) is 233 Å². The molecule has 362 valence electrons. The Bertz CT molecular complexity index is 5190. The van der Waals surface area contributed by atoms with Crippen molar-refractivity contribution >= 4 is 115 Å². The first-order valence-corrected chi connectivity index (χ1v) is 26.1. The highest BCUT2D eigenvalue weighted by Gasteiger charge is 2.38. The van der Waals surface area contributed by atoms with Crippen LogP contribution in [0, 0.1) is 11.3 Å². The molecule has 11 aromatic carbocycles. The molecule has 0 aliphatic heterocycles. The van der Waals surface area contributed by atoms with Crippen molar-refractivity contribution in [2.45, 2.75) is 19.4 Å². The third-order valence-corrected chi connectivity index (χ3v) is 16.4. The summed E-state index contributed by atoms with van der Waals surface area (Å²) >= 11 is 0. The van der Waals surface area contributed by atoms with Gasteiger partial charge in [-0.25, -0.2) is 0 Å². The summed E-state index contributed by atoms with van der Waals surface area (Å²) in [7, 11) is 0. The molecule has 16 rings (SSSR count). The summed E-state index contributed by atoms with van der Waals surface area (Å²) in [6.45, 7) is 4.69. The lowest BCUT2D eigenvalue weighted by Gasteiger charge is -2.37. The normalized spacial score (nSPS) is 12.3. The van der Waals surface area contributed by atoms with Crippen LogP contribution in [0.5, 0.6) is 0 Å². The molecule has 7 heteroatoms. The molecule has 0 radical (unpaired) electrons. The van der Waals surface area contributed by atoms with Crippen molar-refractivity contribution < 1.29 is 8.83 Å². The molecule has 0 saturated carbocycles. The van der Waals surface area contributed by atoms with Gasteiger partial charge in [0.2, 0.25) is 0 Å². The number of anilines is 1. The summed E-state index contributed by atoms with van der Waals surface area (Å²) in [5.41, 5.74) is 23.7. The maximum absolute atomic E-state index is 11.4. The molecular weight excluding hydrogens is 943 g/mol. The number of fused-ring (bicyclic) bond motifs is 17. The van der Waals surface area contributed by atoms with Crippen molar-refractivity contribution in [1.82, 2.24) is 13.7 Å². The number of para-hydroxylation sites is 7. The fourth-order valence-electron chi connectivity index (χ4n) is 13.4. The topological polar surface area (TPSA) is 90.9 Å². The van der Waals surface area contributed by atoms with Crippen molar-refractivity contribution in [2.24, 2.45) is 0 Å². The van der Waals surface area contributed by atoms with Crippen molar-refractivity contribution in [3.8, 4) is 39.7 Å². The van der Waals surface area contributed by atoms with Crippen molar-refractivity contribution in [2.75, 3.05) is 5.73 Å². The first kappa shape index (κ1) is 43.1. The van der Waals surface area contributed by atoms with E-state index in [1.165, 1.54) is 0 Å². The number of rotatable bonds is 6. The Morgan fingerprint density at radius 3 is 1.32 bits per heavy atom. The van der Waals surface area contributed by atoms with Crippen molar-refractivity contribution in [1.29, 1.82) is 5.26 Å². The highest BCUT2D eigenvalue weighted by molar-refractivity contribution is 6.29. The second-order valence-corrected chi connectivity index (χ2v) is 20.8. The van der Waals surface area contributed by atoms with E-state index in [0.29, 0.717) is 11.3 Å². The second-order valence-electron chi connectivity index (χ2n) is 20.8. The van der Waals surface area contributed by atoms with E-state index in [-0.39, 0.29) is 0 Å². The summed E-state index contributed by atoms with van der Waals surface area (Å²) in [5.74, 6) is 0. The third kappa shape index (κ3) is 5.84. The van der Waals surface area contributed by atoms with Gasteiger partial charge in [0.05, 0.1) is 50.6 Å². The lowest BCUT2D eigenvalue weighted by molar-refractivity contribution is 0.467. The molecule has 0 aliphatic rings. The lowest BCUT2D eigenvalue weighted by Crippen LogP contribution is -2.30. The first-order valence-electron chi connectivity index (χ1n) is 26.1. The van der Waals surface area contributed by atoms with Crippen LogP contribution < -0.4 is 5.73 Å². The molecule has 0 bridgehead atoms. The Morgan fingerprint density at radius 1 is 0.390 bits per heavy atom. The summed E-state index contributed by atoms with van der Waals surface area (Å²) in [5, 5.41) is 22.4. The van der Waals surface area contributed by atoms with E-state index in [0.717, 1.165) is 148 Å². The van der Waals surface area contributed by atoms with Gasteiger partial charge in [0.15, 0.2) is 0 Å². The Balaban J connectivity index is 1.20. The minimum Gasteiger partial charge on any atom is -0.456 e. The van der Waals surface area contributed by atoms with Crippen LogP contribution in [-0.2, 0) is 5.54 Å². The zero-order valence-corrected chi connectivity index (χ0v) is 42.0. The van der Waals surface area contributed by atoms with Crippen LogP contribution in [-0.4, -0.2) is 13.7 Å². The number of nitriles is 1. The number of nitrogen functional groups attached to an aromatic ring is 1. The molecule has 5 heterocycles. The molecule has 2 N–H and O–H groups in total. The molecule has 7 nitrogen and oxygen atoms in total. The number of aromatic nitrogens is 3. The number of benzene rings is 11. The number of nitrogens with two attached hydrogens (primary N) is 1. The maximum atomic E-state index is 11.4. The van der Waals surface area contributed by atoms with Gasteiger partial charge >= 0.3 is 0 Å². The highest BCUT2D eigenvalue weighted by atomic mass is 16.3. The fraction of sp³-hybridized carbons (Fsp3) is 0.0429. The van der Waals surface area contributed by atoms with Gasteiger partial charge in [-0.1, -0.05) is 146 Å². The van der Waals surface area contributed by atoms with E-state index in [2.05, 4.69) is 216 Å². The number of furan rings is 2. The fourth-order valence-corrected chi connectivity index (χ4v) is 13.4. The van der Waals surface area contributed by atoms with Crippen LogP contribution in [0.2, 0.25) is 0 Å². The molecule has 16 aromatic rings. The average molecular weight is 988 g/mol. The van der Waals surface area contributed by atoms with E-state index in [9.17, 15) is 5.26 Å². The molecule has 5 aromatic heterocycles. The molecule has 0 spiro atoms. The van der Waals surface area contributed by atoms with E-state index in [1.807, 2.05) is 42.5 Å². The van der Waals surface area contributed by atoms with E-state index < -0.39 is 5.54 Å². The van der Waals surface area contributed by atoms with Crippen LogP contribution in [0.4, 0.5) is 5.69 Å². The van der Waals surface area contributed by atoms with Crippen LogP contribution in [0.1, 0.15) is 25.0 Å². The van der Waals surface area contributed by atoms with Gasteiger partial charge in [-0.15, -0.1) is 0 Å². The standard InChI is InChI=1S/C70H45N5O2/c1-70(2,75-53-31-15-6-21-43(53)44-22-7-16-32-54(44)75)69-65(42-20-4-3-19-41(42)40-71)57(73-51-29-13-8-24-46(51)63-55(73)35-37-61-67(63)48-26-10-17-33-59(48)76-61)39-58(66(69)45-23-5-12-28-50(45)72)74-52-30-14-9-25-47(52)64-56(74)36-38-62-68(64)49-27-11-18-34-60(49)77-62/h3-39H,72H2,1-2H3. The van der Waals surface area contributed by atoms with Gasteiger partial charge in [0.25, 0.3) is 0 Å². The zero-order chi connectivity index (χ0) is 51.3. The van der Waals surface area contributed by atoms with Gasteiger partial charge in [-0.3, -0.25) is 0 Å². The Morgan fingerprint density at radius 2 is 0.805 bits per heavy atom. The van der Waals surface area contributed by atoms with Crippen LogP contribution in [0.25, 0.3) is 143 Å². The molecule has 0 amide bonds. The first-order chi connectivity index (χ1) is 37.9.